The van der Waals surface area contributed by atoms with Gasteiger partial charge in [0.25, 0.3) is 8.32 Å². The summed E-state index contributed by atoms with van der Waals surface area (Å²) in [4.78, 5) is 11.8. The fourth-order valence-corrected chi connectivity index (χ4v) is 6.71. The van der Waals surface area contributed by atoms with Crippen molar-refractivity contribution < 1.29 is 14.0 Å². The molecule has 0 aromatic carbocycles. The van der Waals surface area contributed by atoms with E-state index in [9.17, 15) is 4.79 Å². The highest BCUT2D eigenvalue weighted by Crippen LogP contribution is 2.41. The highest BCUT2D eigenvalue weighted by atomic mass is 28.4. The Balaban J connectivity index is 3.22. The molecule has 0 aromatic heterocycles. The second kappa shape index (κ2) is 4.87. The number of hydrogen-bond acceptors (Lipinski definition) is 3. The van der Waals surface area contributed by atoms with E-state index in [4.69, 9.17) is 9.16 Å². The molecular formula is C12H20O3Si. The molecular weight excluding hydrogens is 220 g/mol. The van der Waals surface area contributed by atoms with Crippen molar-refractivity contribution in [2.24, 2.45) is 0 Å². The van der Waals surface area contributed by atoms with Gasteiger partial charge in [-0.25, -0.2) is 4.79 Å². The van der Waals surface area contributed by atoms with E-state index in [1.165, 1.54) is 7.11 Å². The minimum absolute atomic E-state index is 0.251. The second-order valence-corrected chi connectivity index (χ2v) is 9.29. The van der Waals surface area contributed by atoms with Gasteiger partial charge in [-0.15, -0.1) is 0 Å². The predicted molar refractivity (Wildman–Crippen MR) is 66.3 cm³/mol. The van der Waals surface area contributed by atoms with Crippen LogP contribution >= 0.6 is 0 Å². The van der Waals surface area contributed by atoms with Crippen molar-refractivity contribution in [2.45, 2.75) is 38.8 Å². The molecule has 0 bridgehead atoms. The number of methoxy groups -OCH3 is 1. The zero-order valence-corrected chi connectivity index (χ0v) is 11.6. The molecule has 0 saturated carbocycles. The van der Waals surface area contributed by atoms with Gasteiger partial charge in [-0.1, -0.05) is 27.7 Å². The van der Waals surface area contributed by atoms with Crippen molar-refractivity contribution in [1.29, 1.82) is 0 Å². The highest BCUT2D eigenvalue weighted by Gasteiger charge is 2.50. The van der Waals surface area contributed by atoms with Crippen LogP contribution < -0.4 is 0 Å². The molecule has 0 amide bonds. The lowest BCUT2D eigenvalue weighted by molar-refractivity contribution is -0.135. The van der Waals surface area contributed by atoms with Crippen molar-refractivity contribution in [2.75, 3.05) is 7.11 Å². The zero-order valence-electron chi connectivity index (χ0n) is 10.6. The van der Waals surface area contributed by atoms with Crippen LogP contribution in [0.2, 0.25) is 11.1 Å². The quantitative estimate of drug-likeness (QED) is 0.562. The van der Waals surface area contributed by atoms with Crippen molar-refractivity contribution >= 4 is 14.3 Å². The third kappa shape index (κ3) is 1.94. The Morgan fingerprint density at radius 3 is 2.31 bits per heavy atom. The lowest BCUT2D eigenvalue weighted by atomic mass is 10.4. The van der Waals surface area contributed by atoms with Crippen LogP contribution in [0.4, 0.5) is 0 Å². The van der Waals surface area contributed by atoms with Crippen molar-refractivity contribution in [3.8, 4) is 0 Å². The molecule has 0 aromatic rings. The molecule has 3 nitrogen and oxygen atoms in total. The molecule has 1 heterocycles. The summed E-state index contributed by atoms with van der Waals surface area (Å²) in [6, 6.07) is 0. The van der Waals surface area contributed by atoms with E-state index in [0.717, 1.165) is 5.20 Å². The van der Waals surface area contributed by atoms with Crippen LogP contribution in [0.3, 0.4) is 0 Å². The second-order valence-electron chi connectivity index (χ2n) is 4.62. The summed E-state index contributed by atoms with van der Waals surface area (Å²) in [5, 5.41) is 0.738. The average molecular weight is 240 g/mol. The Morgan fingerprint density at radius 1 is 1.31 bits per heavy atom. The Morgan fingerprint density at radius 2 is 1.88 bits per heavy atom. The molecule has 16 heavy (non-hydrogen) atoms. The van der Waals surface area contributed by atoms with Crippen LogP contribution in [0, 0.1) is 0 Å². The summed E-state index contributed by atoms with van der Waals surface area (Å²) in [5.41, 5.74) is 0.672. The van der Waals surface area contributed by atoms with Crippen molar-refractivity contribution in [3.05, 3.63) is 23.6 Å². The predicted octanol–water partition coefficient (Wildman–Crippen LogP) is 2.93. The van der Waals surface area contributed by atoms with E-state index >= 15 is 0 Å². The fourth-order valence-electron chi connectivity index (χ4n) is 2.38. The van der Waals surface area contributed by atoms with Crippen LogP contribution in [-0.4, -0.2) is 21.4 Å². The van der Waals surface area contributed by atoms with Gasteiger partial charge >= 0.3 is 5.97 Å². The average Bonchev–Trinajstić information content (AvgIpc) is 2.27. The van der Waals surface area contributed by atoms with E-state index in [1.807, 2.05) is 6.08 Å². The normalized spacial score (nSPS) is 18.3. The Bertz CT molecular complexity index is 321. The first-order valence-corrected chi connectivity index (χ1v) is 7.66. The molecule has 0 saturated heterocycles. The van der Waals surface area contributed by atoms with Crippen molar-refractivity contribution in [1.82, 2.24) is 0 Å². The number of rotatable bonds is 3. The zero-order chi connectivity index (χ0) is 12.3. The maximum atomic E-state index is 11.8. The van der Waals surface area contributed by atoms with Crippen LogP contribution in [0.25, 0.3) is 0 Å². The fraction of sp³-hybridized carbons (Fsp3) is 0.583. The van der Waals surface area contributed by atoms with Gasteiger partial charge < -0.3 is 9.16 Å². The Labute approximate surface area is 98.3 Å². The van der Waals surface area contributed by atoms with Crippen LogP contribution in [0.5, 0.6) is 0 Å². The van der Waals surface area contributed by atoms with E-state index < -0.39 is 8.32 Å². The lowest BCUT2D eigenvalue weighted by Gasteiger charge is -2.39. The molecule has 0 radical (unpaired) electrons. The molecule has 0 atom stereocenters. The first-order valence-electron chi connectivity index (χ1n) is 5.60. The number of allylic oxidation sites excluding steroid dienone is 2. The van der Waals surface area contributed by atoms with Gasteiger partial charge in [-0.2, -0.15) is 0 Å². The van der Waals surface area contributed by atoms with E-state index in [-0.39, 0.29) is 5.97 Å². The maximum absolute atomic E-state index is 11.8. The van der Waals surface area contributed by atoms with E-state index in [0.29, 0.717) is 11.1 Å². The molecule has 0 N–H and O–H groups in total. The minimum Gasteiger partial charge on any atom is -0.544 e. The molecule has 0 fully saturated rings. The SMILES string of the molecule is COC(=O)C1=CC=CO[Si]1(C(C)C)C(C)C. The van der Waals surface area contributed by atoms with Gasteiger partial charge in [0.15, 0.2) is 0 Å². The largest absolute Gasteiger partial charge is 0.544 e. The molecule has 1 aliphatic rings. The molecule has 90 valence electrons. The van der Waals surface area contributed by atoms with Gasteiger partial charge in [-0.05, 0) is 23.2 Å². The van der Waals surface area contributed by atoms with E-state index in [1.54, 1.807) is 12.3 Å². The molecule has 0 aliphatic carbocycles. The number of carbonyl (C=O) groups is 1. The number of esters is 1. The monoisotopic (exact) mass is 240 g/mol. The van der Waals surface area contributed by atoms with Crippen LogP contribution in [-0.2, 0) is 14.0 Å². The molecule has 1 aliphatic heterocycles. The smallest absolute Gasteiger partial charge is 0.333 e. The minimum atomic E-state index is -2.25. The summed E-state index contributed by atoms with van der Waals surface area (Å²) in [6.07, 6.45) is 5.32. The van der Waals surface area contributed by atoms with E-state index in [2.05, 4.69) is 27.7 Å². The summed E-state index contributed by atoms with van der Waals surface area (Å²) in [5.74, 6) is -0.251. The van der Waals surface area contributed by atoms with Gasteiger partial charge in [0.1, 0.15) is 0 Å². The van der Waals surface area contributed by atoms with Gasteiger partial charge in [0.2, 0.25) is 0 Å². The first-order chi connectivity index (χ1) is 7.46. The maximum Gasteiger partial charge on any atom is 0.333 e. The number of carbonyl (C=O) groups excluding carboxylic acids is 1. The number of hydrogen-bond donors (Lipinski definition) is 0. The summed E-state index contributed by atoms with van der Waals surface area (Å²) < 4.78 is 10.8. The standard InChI is InChI=1S/C12H20O3Si/c1-9(2)16(10(3)4)11(12(13)14-5)7-6-8-15-16/h6-10H,1-5H3. The summed E-state index contributed by atoms with van der Waals surface area (Å²) >= 11 is 0. The van der Waals surface area contributed by atoms with Gasteiger partial charge in [0.05, 0.1) is 18.6 Å². The molecule has 1 rings (SSSR count). The van der Waals surface area contributed by atoms with Gasteiger partial charge in [0, 0.05) is 0 Å². The highest BCUT2D eigenvalue weighted by molar-refractivity contribution is 6.87. The Hall–Kier alpha value is -1.03. The topological polar surface area (TPSA) is 35.5 Å². The summed E-state index contributed by atoms with van der Waals surface area (Å²) in [6.45, 7) is 8.45. The molecule has 4 heteroatoms. The lowest BCUT2D eigenvalue weighted by Crippen LogP contribution is -2.49. The van der Waals surface area contributed by atoms with Gasteiger partial charge in [-0.3, -0.25) is 0 Å². The van der Waals surface area contributed by atoms with Crippen LogP contribution in [0.15, 0.2) is 23.6 Å². The van der Waals surface area contributed by atoms with Crippen LogP contribution in [0.1, 0.15) is 27.7 Å². The summed E-state index contributed by atoms with van der Waals surface area (Å²) in [7, 11) is -0.833. The third-order valence-electron chi connectivity index (χ3n) is 3.15. The van der Waals surface area contributed by atoms with Crippen molar-refractivity contribution in [3.63, 3.8) is 0 Å². The number of ether oxygens (including phenoxy) is 1. The molecule has 0 spiro atoms. The Kier molecular flexibility index (Phi) is 3.96. The molecule has 0 unspecified atom stereocenters. The first kappa shape index (κ1) is 13.0. The third-order valence-corrected chi connectivity index (χ3v) is 8.32.